The van der Waals surface area contributed by atoms with E-state index in [1.807, 2.05) is 30.3 Å². The van der Waals surface area contributed by atoms with Crippen LogP contribution in [-0.4, -0.2) is 5.91 Å². The van der Waals surface area contributed by atoms with E-state index < -0.39 is 17.8 Å². The van der Waals surface area contributed by atoms with E-state index in [-0.39, 0.29) is 11.0 Å². The molecular weight excluding hydrogens is 315 g/mol. The van der Waals surface area contributed by atoms with E-state index in [1.165, 1.54) is 29.8 Å². The summed E-state index contributed by atoms with van der Waals surface area (Å²) < 4.78 is 13.7. The summed E-state index contributed by atoms with van der Waals surface area (Å²) in [6.45, 7) is 6.40. The van der Waals surface area contributed by atoms with Crippen LogP contribution in [0.15, 0.2) is 54.6 Å². The number of benzene rings is 2. The number of hydrogen-bond donors (Lipinski definition) is 1. The number of amides is 1. The Morgan fingerprint density at radius 2 is 1.80 bits per heavy atom. The normalized spacial score (nSPS) is 12.6. The van der Waals surface area contributed by atoms with E-state index in [1.54, 1.807) is 12.1 Å². The highest BCUT2D eigenvalue weighted by Gasteiger charge is 2.16. The van der Waals surface area contributed by atoms with Crippen LogP contribution < -0.4 is 5.32 Å². The van der Waals surface area contributed by atoms with E-state index in [0.717, 1.165) is 5.56 Å². The third-order valence-corrected chi connectivity index (χ3v) is 3.84. The summed E-state index contributed by atoms with van der Waals surface area (Å²) in [5.41, 5.74) is 2.31. The Hall–Kier alpha value is -2.93. The molecule has 0 aromatic heterocycles. The molecule has 25 heavy (non-hydrogen) atoms. The molecule has 1 amide bonds. The predicted octanol–water partition coefficient (Wildman–Crippen LogP) is 4.52. The molecule has 0 saturated heterocycles. The molecule has 0 bridgehead atoms. The molecule has 4 heteroatoms. The van der Waals surface area contributed by atoms with Crippen LogP contribution >= 0.6 is 0 Å². The number of halogens is 1. The Morgan fingerprint density at radius 3 is 2.36 bits per heavy atom. The zero-order chi connectivity index (χ0) is 18.4. The number of nitrogens with zero attached hydrogens (tertiary/aromatic N) is 1. The van der Waals surface area contributed by atoms with Crippen molar-refractivity contribution in [2.75, 3.05) is 0 Å². The van der Waals surface area contributed by atoms with Gasteiger partial charge in [-0.3, -0.25) is 4.79 Å². The number of nitriles is 1. The van der Waals surface area contributed by atoms with Crippen LogP contribution in [0.5, 0.6) is 0 Å². The molecule has 0 aliphatic rings. The number of nitrogens with one attached hydrogen (secondary N) is 1. The molecule has 0 radical (unpaired) electrons. The fourth-order valence-electron chi connectivity index (χ4n) is 2.35. The molecule has 2 rings (SSSR count). The van der Waals surface area contributed by atoms with E-state index in [2.05, 4.69) is 26.1 Å². The minimum atomic E-state index is -1.03. The van der Waals surface area contributed by atoms with Gasteiger partial charge >= 0.3 is 0 Å². The average Bonchev–Trinajstić information content (AvgIpc) is 2.58. The molecule has 0 spiro atoms. The third kappa shape index (κ3) is 5.02. The van der Waals surface area contributed by atoms with Crippen molar-refractivity contribution in [2.45, 2.75) is 32.2 Å². The quantitative estimate of drug-likeness (QED) is 0.835. The van der Waals surface area contributed by atoms with Crippen LogP contribution in [0.1, 0.15) is 43.5 Å². The Balaban J connectivity index is 2.05. The van der Waals surface area contributed by atoms with Gasteiger partial charge in [0.25, 0.3) is 0 Å². The van der Waals surface area contributed by atoms with Gasteiger partial charge in [-0.05, 0) is 28.7 Å². The third-order valence-electron chi connectivity index (χ3n) is 3.84. The van der Waals surface area contributed by atoms with Crippen molar-refractivity contribution < 1.29 is 9.18 Å². The Kier molecular flexibility index (Phi) is 5.71. The van der Waals surface area contributed by atoms with Crippen molar-refractivity contribution in [1.82, 2.24) is 5.32 Å². The van der Waals surface area contributed by atoms with Crippen LogP contribution in [-0.2, 0) is 10.2 Å². The van der Waals surface area contributed by atoms with Crippen LogP contribution in [0.25, 0.3) is 6.08 Å². The molecule has 3 nitrogen and oxygen atoms in total. The molecule has 2 aromatic carbocycles. The minimum absolute atomic E-state index is 0.0688. The fourth-order valence-corrected chi connectivity index (χ4v) is 2.35. The summed E-state index contributed by atoms with van der Waals surface area (Å²) in [6, 6.07) is 14.7. The first-order valence-corrected chi connectivity index (χ1v) is 8.04. The van der Waals surface area contributed by atoms with E-state index in [0.29, 0.717) is 0 Å². The summed E-state index contributed by atoms with van der Waals surface area (Å²) in [5, 5.41) is 11.7. The van der Waals surface area contributed by atoms with Gasteiger partial charge in [-0.15, -0.1) is 0 Å². The fraction of sp³-hybridized carbons (Fsp3) is 0.238. The molecule has 0 fully saturated rings. The van der Waals surface area contributed by atoms with Gasteiger partial charge in [0.1, 0.15) is 11.9 Å². The number of hydrogen-bond acceptors (Lipinski definition) is 2. The van der Waals surface area contributed by atoms with Gasteiger partial charge in [0.2, 0.25) is 5.91 Å². The summed E-state index contributed by atoms with van der Waals surface area (Å²) in [6.07, 6.45) is 3.01. The lowest BCUT2D eigenvalue weighted by molar-refractivity contribution is -0.116. The van der Waals surface area contributed by atoms with Gasteiger partial charge in [-0.25, -0.2) is 4.39 Å². The largest absolute Gasteiger partial charge is 0.333 e. The summed E-state index contributed by atoms with van der Waals surface area (Å²) in [5.74, 6) is -0.967. The van der Waals surface area contributed by atoms with Crippen molar-refractivity contribution in [3.8, 4) is 6.07 Å². The van der Waals surface area contributed by atoms with Gasteiger partial charge < -0.3 is 5.32 Å². The molecule has 0 aliphatic heterocycles. The number of rotatable bonds is 4. The zero-order valence-electron chi connectivity index (χ0n) is 14.6. The lowest BCUT2D eigenvalue weighted by Crippen LogP contribution is -2.26. The zero-order valence-corrected chi connectivity index (χ0v) is 14.6. The second-order valence-corrected chi connectivity index (χ2v) is 6.80. The van der Waals surface area contributed by atoms with Gasteiger partial charge in [0.05, 0.1) is 6.07 Å². The Morgan fingerprint density at radius 1 is 1.16 bits per heavy atom. The van der Waals surface area contributed by atoms with E-state index >= 15 is 0 Å². The molecule has 1 N–H and O–H groups in total. The van der Waals surface area contributed by atoms with Gasteiger partial charge in [0, 0.05) is 11.6 Å². The topological polar surface area (TPSA) is 52.9 Å². The Bertz CT molecular complexity index is 811. The first-order valence-electron chi connectivity index (χ1n) is 8.04. The van der Waals surface area contributed by atoms with Crippen LogP contribution in [0.2, 0.25) is 0 Å². The lowest BCUT2D eigenvalue weighted by atomic mass is 9.87. The van der Waals surface area contributed by atoms with Crippen LogP contribution in [0.4, 0.5) is 4.39 Å². The van der Waals surface area contributed by atoms with Crippen LogP contribution in [0, 0.1) is 17.1 Å². The molecule has 1 unspecified atom stereocenters. The van der Waals surface area contributed by atoms with Crippen LogP contribution in [0.3, 0.4) is 0 Å². The molecule has 128 valence electrons. The first kappa shape index (κ1) is 18.4. The first-order chi connectivity index (χ1) is 11.8. The van der Waals surface area contributed by atoms with Crippen molar-refractivity contribution >= 4 is 12.0 Å². The molecule has 2 aromatic rings. The Labute approximate surface area is 147 Å². The van der Waals surface area contributed by atoms with Gasteiger partial charge in [-0.1, -0.05) is 63.2 Å². The van der Waals surface area contributed by atoms with Crippen molar-refractivity contribution in [2.24, 2.45) is 0 Å². The number of carbonyl (C=O) groups excluding carboxylic acids is 1. The summed E-state index contributed by atoms with van der Waals surface area (Å²) in [4.78, 5) is 12.0. The second-order valence-electron chi connectivity index (χ2n) is 6.80. The highest BCUT2D eigenvalue weighted by molar-refractivity contribution is 5.92. The summed E-state index contributed by atoms with van der Waals surface area (Å²) >= 11 is 0. The maximum absolute atomic E-state index is 13.7. The highest BCUT2D eigenvalue weighted by Crippen LogP contribution is 2.22. The molecular formula is C21H21FN2O. The molecule has 0 aliphatic carbocycles. The molecule has 1 atom stereocenters. The van der Waals surface area contributed by atoms with E-state index in [9.17, 15) is 14.4 Å². The minimum Gasteiger partial charge on any atom is -0.333 e. The standard InChI is InChI=1S/C21H21FN2O/c1-21(2,3)16-11-8-15(9-12-16)10-13-20(25)24-19(14-23)17-6-4-5-7-18(17)22/h4-13,19H,1-3H3,(H,24,25)/b13-10+. The van der Waals surface area contributed by atoms with Gasteiger partial charge in [0.15, 0.2) is 0 Å². The maximum Gasteiger partial charge on any atom is 0.245 e. The maximum atomic E-state index is 13.7. The SMILES string of the molecule is CC(C)(C)c1ccc(/C=C/C(=O)NC(C#N)c2ccccc2F)cc1. The van der Waals surface area contributed by atoms with Crippen molar-refractivity contribution in [3.63, 3.8) is 0 Å². The smallest absolute Gasteiger partial charge is 0.245 e. The van der Waals surface area contributed by atoms with Crippen molar-refractivity contribution in [1.29, 1.82) is 5.26 Å². The molecule has 0 saturated carbocycles. The van der Waals surface area contributed by atoms with E-state index in [4.69, 9.17) is 0 Å². The summed E-state index contributed by atoms with van der Waals surface area (Å²) in [7, 11) is 0. The monoisotopic (exact) mass is 336 g/mol. The van der Waals surface area contributed by atoms with Crippen molar-refractivity contribution in [3.05, 3.63) is 77.1 Å². The van der Waals surface area contributed by atoms with Gasteiger partial charge in [-0.2, -0.15) is 5.26 Å². The predicted molar refractivity (Wildman–Crippen MR) is 97.1 cm³/mol. The average molecular weight is 336 g/mol. The number of carbonyl (C=O) groups is 1. The second kappa shape index (κ2) is 7.76. The highest BCUT2D eigenvalue weighted by atomic mass is 19.1. The lowest BCUT2D eigenvalue weighted by Gasteiger charge is -2.18. The molecule has 0 heterocycles.